The van der Waals surface area contributed by atoms with E-state index in [9.17, 15) is 4.79 Å². The fraction of sp³-hybridized carbons (Fsp3) is 0.625. The number of carbonyl (C=O) groups is 1. The molecular formula is C8H14O4. The van der Waals surface area contributed by atoms with Gasteiger partial charge in [-0.1, -0.05) is 0 Å². The number of carboxylic acids is 1. The molecule has 0 spiro atoms. The summed E-state index contributed by atoms with van der Waals surface area (Å²) < 4.78 is 9.69. The quantitative estimate of drug-likeness (QED) is 0.499. The summed E-state index contributed by atoms with van der Waals surface area (Å²) in [6, 6.07) is 0. The van der Waals surface area contributed by atoms with Crippen molar-refractivity contribution in [1.82, 2.24) is 0 Å². The Labute approximate surface area is 71.8 Å². The summed E-state index contributed by atoms with van der Waals surface area (Å²) in [4.78, 5) is 10.5. The highest BCUT2D eigenvalue weighted by Crippen LogP contribution is 2.09. The molecule has 0 aromatic carbocycles. The van der Waals surface area contributed by atoms with Crippen LogP contribution in [0.3, 0.4) is 0 Å². The Morgan fingerprint density at radius 1 is 1.42 bits per heavy atom. The topological polar surface area (TPSA) is 55.8 Å². The molecule has 0 amide bonds. The SMILES string of the molecule is COCCC(OC)=C(C)C(=O)O. The summed E-state index contributed by atoms with van der Waals surface area (Å²) in [5.41, 5.74) is 0.231. The Bertz CT molecular complexity index is 183. The van der Waals surface area contributed by atoms with Crippen molar-refractivity contribution in [3.05, 3.63) is 11.3 Å². The van der Waals surface area contributed by atoms with Gasteiger partial charge >= 0.3 is 5.97 Å². The van der Waals surface area contributed by atoms with Gasteiger partial charge in [-0.25, -0.2) is 4.79 Å². The van der Waals surface area contributed by atoms with E-state index < -0.39 is 5.97 Å². The van der Waals surface area contributed by atoms with Crippen molar-refractivity contribution >= 4 is 5.97 Å². The van der Waals surface area contributed by atoms with Crippen molar-refractivity contribution in [3.8, 4) is 0 Å². The van der Waals surface area contributed by atoms with Crippen molar-refractivity contribution in [2.24, 2.45) is 0 Å². The zero-order valence-corrected chi connectivity index (χ0v) is 7.59. The molecule has 0 fully saturated rings. The summed E-state index contributed by atoms with van der Waals surface area (Å²) in [5.74, 6) is -0.493. The Hall–Kier alpha value is -1.03. The monoisotopic (exact) mass is 174 g/mol. The van der Waals surface area contributed by atoms with Crippen molar-refractivity contribution in [3.63, 3.8) is 0 Å². The van der Waals surface area contributed by atoms with Gasteiger partial charge in [0.25, 0.3) is 0 Å². The van der Waals surface area contributed by atoms with Crippen LogP contribution in [0.5, 0.6) is 0 Å². The van der Waals surface area contributed by atoms with E-state index in [-0.39, 0.29) is 5.57 Å². The van der Waals surface area contributed by atoms with Crippen LogP contribution in [0, 0.1) is 0 Å². The van der Waals surface area contributed by atoms with Gasteiger partial charge in [-0.15, -0.1) is 0 Å². The van der Waals surface area contributed by atoms with Crippen LogP contribution in [0.2, 0.25) is 0 Å². The van der Waals surface area contributed by atoms with Gasteiger partial charge in [0, 0.05) is 13.5 Å². The van der Waals surface area contributed by atoms with Gasteiger partial charge < -0.3 is 14.6 Å². The number of rotatable bonds is 5. The molecule has 0 aliphatic carbocycles. The number of ether oxygens (including phenoxy) is 2. The highest BCUT2D eigenvalue weighted by atomic mass is 16.5. The van der Waals surface area contributed by atoms with Gasteiger partial charge in [0.2, 0.25) is 0 Å². The van der Waals surface area contributed by atoms with Gasteiger partial charge in [-0.3, -0.25) is 0 Å². The maximum Gasteiger partial charge on any atom is 0.334 e. The fourth-order valence-corrected chi connectivity index (χ4v) is 0.757. The molecule has 12 heavy (non-hydrogen) atoms. The van der Waals surface area contributed by atoms with E-state index in [1.807, 2.05) is 0 Å². The second-order valence-corrected chi connectivity index (χ2v) is 2.30. The van der Waals surface area contributed by atoms with Crippen LogP contribution in [0.25, 0.3) is 0 Å². The van der Waals surface area contributed by atoms with Gasteiger partial charge in [-0.2, -0.15) is 0 Å². The first kappa shape index (κ1) is 11.0. The summed E-state index contributed by atoms with van der Waals surface area (Å²) >= 11 is 0. The maximum atomic E-state index is 10.5. The van der Waals surface area contributed by atoms with Crippen LogP contribution >= 0.6 is 0 Å². The van der Waals surface area contributed by atoms with E-state index in [2.05, 4.69) is 0 Å². The third-order valence-electron chi connectivity index (χ3n) is 1.52. The predicted octanol–water partition coefficient (Wildman–Crippen LogP) is 1.03. The summed E-state index contributed by atoms with van der Waals surface area (Å²) in [7, 11) is 3.01. The first-order valence-corrected chi connectivity index (χ1v) is 3.59. The molecule has 4 nitrogen and oxygen atoms in total. The zero-order chi connectivity index (χ0) is 9.56. The van der Waals surface area contributed by atoms with Crippen LogP contribution in [0.15, 0.2) is 11.3 Å². The Kier molecular flexibility index (Phi) is 5.12. The Morgan fingerprint density at radius 2 is 2.00 bits per heavy atom. The minimum absolute atomic E-state index is 0.231. The molecule has 0 bridgehead atoms. The molecule has 1 N–H and O–H groups in total. The number of hydrogen-bond acceptors (Lipinski definition) is 3. The Morgan fingerprint density at radius 3 is 2.33 bits per heavy atom. The van der Waals surface area contributed by atoms with Gasteiger partial charge in [0.1, 0.15) is 5.76 Å². The largest absolute Gasteiger partial charge is 0.500 e. The minimum atomic E-state index is -0.956. The van der Waals surface area contributed by atoms with Crippen LogP contribution in [0.4, 0.5) is 0 Å². The van der Waals surface area contributed by atoms with Crippen molar-refractivity contribution in [1.29, 1.82) is 0 Å². The van der Waals surface area contributed by atoms with Crippen molar-refractivity contribution in [2.75, 3.05) is 20.8 Å². The average Bonchev–Trinajstić information content (AvgIpc) is 2.05. The lowest BCUT2D eigenvalue weighted by Crippen LogP contribution is -2.04. The molecule has 0 saturated heterocycles. The lowest BCUT2D eigenvalue weighted by atomic mass is 10.2. The highest BCUT2D eigenvalue weighted by Gasteiger charge is 2.08. The van der Waals surface area contributed by atoms with E-state index in [0.29, 0.717) is 18.8 Å². The fourth-order valence-electron chi connectivity index (χ4n) is 0.757. The molecular weight excluding hydrogens is 160 g/mol. The van der Waals surface area contributed by atoms with Gasteiger partial charge in [-0.05, 0) is 6.92 Å². The summed E-state index contributed by atoms with van der Waals surface area (Å²) in [6.45, 7) is 1.98. The first-order chi connectivity index (χ1) is 5.63. The van der Waals surface area contributed by atoms with Gasteiger partial charge in [0.05, 0.1) is 19.3 Å². The smallest absolute Gasteiger partial charge is 0.334 e. The molecule has 0 aromatic heterocycles. The molecule has 0 heterocycles. The predicted molar refractivity (Wildman–Crippen MR) is 43.8 cm³/mol. The van der Waals surface area contributed by atoms with Crippen LogP contribution in [-0.2, 0) is 14.3 Å². The first-order valence-electron chi connectivity index (χ1n) is 3.59. The molecule has 70 valence electrons. The molecule has 0 aromatic rings. The van der Waals surface area contributed by atoms with Crippen molar-refractivity contribution < 1.29 is 19.4 Å². The number of methoxy groups -OCH3 is 2. The molecule has 0 radical (unpaired) electrons. The number of hydrogen-bond donors (Lipinski definition) is 1. The molecule has 4 heteroatoms. The van der Waals surface area contributed by atoms with E-state index in [1.54, 1.807) is 7.11 Å². The third kappa shape index (κ3) is 3.39. The van der Waals surface area contributed by atoms with E-state index in [4.69, 9.17) is 14.6 Å². The van der Waals surface area contributed by atoms with Crippen LogP contribution < -0.4 is 0 Å². The standard InChI is InChI=1S/C8H14O4/c1-6(8(9)10)7(12-3)4-5-11-2/h4-5H2,1-3H3,(H,9,10). The molecule has 0 atom stereocenters. The maximum absolute atomic E-state index is 10.5. The minimum Gasteiger partial charge on any atom is -0.500 e. The van der Waals surface area contributed by atoms with Gasteiger partial charge in [0.15, 0.2) is 0 Å². The molecule has 0 aliphatic heterocycles. The number of aliphatic carboxylic acids is 1. The second-order valence-electron chi connectivity index (χ2n) is 2.30. The normalized spacial score (nSPS) is 12.2. The molecule has 0 aliphatic rings. The van der Waals surface area contributed by atoms with E-state index in [1.165, 1.54) is 14.0 Å². The van der Waals surface area contributed by atoms with Crippen LogP contribution in [-0.4, -0.2) is 31.9 Å². The molecule has 0 saturated carbocycles. The lowest BCUT2D eigenvalue weighted by molar-refractivity contribution is -0.132. The lowest BCUT2D eigenvalue weighted by Gasteiger charge is -2.07. The second kappa shape index (κ2) is 5.60. The third-order valence-corrected chi connectivity index (χ3v) is 1.52. The number of carboxylic acid groups (broad SMARTS) is 1. The van der Waals surface area contributed by atoms with E-state index >= 15 is 0 Å². The molecule has 0 unspecified atom stereocenters. The summed E-state index contributed by atoms with van der Waals surface area (Å²) in [6.07, 6.45) is 0.491. The van der Waals surface area contributed by atoms with Crippen LogP contribution in [0.1, 0.15) is 13.3 Å². The van der Waals surface area contributed by atoms with Crippen molar-refractivity contribution in [2.45, 2.75) is 13.3 Å². The zero-order valence-electron chi connectivity index (χ0n) is 7.59. The Balaban J connectivity index is 4.28. The average molecular weight is 174 g/mol. The highest BCUT2D eigenvalue weighted by molar-refractivity contribution is 5.86. The molecule has 0 rings (SSSR count). The summed E-state index contributed by atoms with van der Waals surface area (Å²) in [5, 5.41) is 8.60. The van der Waals surface area contributed by atoms with E-state index in [0.717, 1.165) is 0 Å².